The molecule has 0 heterocycles. The largest absolute Gasteiger partial charge is 0.480 e. The normalized spacial score (nSPS) is 27.8. The van der Waals surface area contributed by atoms with Gasteiger partial charge in [0.2, 0.25) is 0 Å². The van der Waals surface area contributed by atoms with Crippen molar-refractivity contribution < 1.29 is 9.90 Å². The van der Waals surface area contributed by atoms with E-state index in [0.29, 0.717) is 11.2 Å². The standard InChI is InChI=1S/C14H18O2S/c1-10(2)17-14(13(15)16)8-12(9-14)11-6-4-3-5-7-11/h3-7,10,12H,8-9H2,1-2H3,(H,15,16). The smallest absolute Gasteiger partial charge is 0.319 e. The molecule has 0 atom stereocenters. The number of hydrogen-bond acceptors (Lipinski definition) is 2. The van der Waals surface area contributed by atoms with Gasteiger partial charge in [-0.1, -0.05) is 44.2 Å². The Kier molecular flexibility index (Phi) is 3.48. The van der Waals surface area contributed by atoms with Gasteiger partial charge < -0.3 is 5.11 Å². The summed E-state index contributed by atoms with van der Waals surface area (Å²) in [4.78, 5) is 11.4. The van der Waals surface area contributed by atoms with Gasteiger partial charge in [-0.15, -0.1) is 11.8 Å². The molecule has 1 fully saturated rings. The first-order valence-electron chi connectivity index (χ1n) is 6.00. The molecule has 1 N–H and O–H groups in total. The highest BCUT2D eigenvalue weighted by Crippen LogP contribution is 2.53. The lowest BCUT2D eigenvalue weighted by Crippen LogP contribution is -2.47. The van der Waals surface area contributed by atoms with Crippen molar-refractivity contribution in [3.05, 3.63) is 35.9 Å². The van der Waals surface area contributed by atoms with Gasteiger partial charge in [-0.2, -0.15) is 0 Å². The third-order valence-electron chi connectivity index (χ3n) is 3.27. The van der Waals surface area contributed by atoms with E-state index in [1.165, 1.54) is 5.56 Å². The van der Waals surface area contributed by atoms with Crippen LogP contribution in [0.2, 0.25) is 0 Å². The van der Waals surface area contributed by atoms with Crippen molar-refractivity contribution in [1.29, 1.82) is 0 Å². The number of carboxylic acid groups (broad SMARTS) is 1. The maximum atomic E-state index is 11.4. The Morgan fingerprint density at radius 2 is 1.94 bits per heavy atom. The SMILES string of the molecule is CC(C)SC1(C(=O)O)CC(c2ccccc2)C1. The maximum Gasteiger partial charge on any atom is 0.319 e. The summed E-state index contributed by atoms with van der Waals surface area (Å²) in [5.41, 5.74) is 1.27. The predicted molar refractivity (Wildman–Crippen MR) is 71.5 cm³/mol. The van der Waals surface area contributed by atoms with Crippen LogP contribution in [-0.4, -0.2) is 21.1 Å². The molecule has 0 bridgehead atoms. The highest BCUT2D eigenvalue weighted by Gasteiger charge is 2.51. The lowest BCUT2D eigenvalue weighted by Gasteiger charge is -2.45. The van der Waals surface area contributed by atoms with Crippen LogP contribution in [0, 0.1) is 0 Å². The van der Waals surface area contributed by atoms with E-state index in [-0.39, 0.29) is 0 Å². The van der Waals surface area contributed by atoms with Crippen LogP contribution in [-0.2, 0) is 4.79 Å². The number of thioether (sulfide) groups is 1. The van der Waals surface area contributed by atoms with E-state index in [1.54, 1.807) is 11.8 Å². The fraction of sp³-hybridized carbons (Fsp3) is 0.500. The molecule has 1 aromatic rings. The van der Waals surface area contributed by atoms with Crippen molar-refractivity contribution in [3.63, 3.8) is 0 Å². The zero-order valence-electron chi connectivity index (χ0n) is 10.2. The number of rotatable bonds is 4. The molecule has 0 saturated heterocycles. The van der Waals surface area contributed by atoms with Crippen LogP contribution >= 0.6 is 11.8 Å². The number of aliphatic carboxylic acids is 1. The molecule has 0 amide bonds. The molecule has 1 aromatic carbocycles. The van der Waals surface area contributed by atoms with E-state index in [9.17, 15) is 9.90 Å². The van der Waals surface area contributed by atoms with Crippen molar-refractivity contribution in [3.8, 4) is 0 Å². The second-order valence-electron chi connectivity index (χ2n) is 4.98. The lowest BCUT2D eigenvalue weighted by atomic mass is 9.70. The zero-order valence-corrected chi connectivity index (χ0v) is 11.0. The Balaban J connectivity index is 2.06. The van der Waals surface area contributed by atoms with Crippen LogP contribution in [0.25, 0.3) is 0 Å². The monoisotopic (exact) mass is 250 g/mol. The van der Waals surface area contributed by atoms with Gasteiger partial charge in [-0.3, -0.25) is 4.79 Å². The van der Waals surface area contributed by atoms with Gasteiger partial charge in [0, 0.05) is 5.25 Å². The Hall–Kier alpha value is -0.960. The molecule has 3 heteroatoms. The predicted octanol–water partition coefficient (Wildman–Crippen LogP) is 3.53. The molecule has 1 saturated carbocycles. The summed E-state index contributed by atoms with van der Waals surface area (Å²) in [6, 6.07) is 10.2. The fourth-order valence-electron chi connectivity index (χ4n) is 2.47. The highest BCUT2D eigenvalue weighted by atomic mass is 32.2. The summed E-state index contributed by atoms with van der Waals surface area (Å²) in [5, 5.41) is 9.74. The molecule has 0 aliphatic heterocycles. The lowest BCUT2D eigenvalue weighted by molar-refractivity contribution is -0.142. The van der Waals surface area contributed by atoms with Crippen molar-refractivity contribution in [2.45, 2.75) is 42.6 Å². The molecule has 0 radical (unpaired) electrons. The minimum absolute atomic E-state index is 0.364. The third-order valence-corrected chi connectivity index (χ3v) is 4.70. The molecule has 0 unspecified atom stereocenters. The maximum absolute atomic E-state index is 11.4. The topological polar surface area (TPSA) is 37.3 Å². The molecule has 2 rings (SSSR count). The Morgan fingerprint density at radius 1 is 1.35 bits per heavy atom. The summed E-state index contributed by atoms with van der Waals surface area (Å²) in [7, 11) is 0. The molecule has 2 nitrogen and oxygen atoms in total. The van der Waals surface area contributed by atoms with E-state index in [4.69, 9.17) is 0 Å². The van der Waals surface area contributed by atoms with Crippen molar-refractivity contribution in [2.75, 3.05) is 0 Å². The molecular formula is C14H18O2S. The number of carbonyl (C=O) groups is 1. The fourth-order valence-corrected chi connectivity index (χ4v) is 4.07. The average molecular weight is 250 g/mol. The van der Waals surface area contributed by atoms with Gasteiger partial charge in [-0.25, -0.2) is 0 Å². The summed E-state index contributed by atoms with van der Waals surface area (Å²) in [6.45, 7) is 4.12. The van der Waals surface area contributed by atoms with E-state index in [2.05, 4.69) is 26.0 Å². The van der Waals surface area contributed by atoms with Gasteiger partial charge in [-0.05, 0) is 24.3 Å². The van der Waals surface area contributed by atoms with Gasteiger partial charge in [0.1, 0.15) is 4.75 Å². The minimum Gasteiger partial charge on any atom is -0.480 e. The average Bonchev–Trinajstić information content (AvgIpc) is 2.23. The van der Waals surface area contributed by atoms with Crippen molar-refractivity contribution in [1.82, 2.24) is 0 Å². The van der Waals surface area contributed by atoms with E-state index < -0.39 is 10.7 Å². The molecule has 0 spiro atoms. The van der Waals surface area contributed by atoms with Crippen LogP contribution in [0.3, 0.4) is 0 Å². The van der Waals surface area contributed by atoms with Crippen molar-refractivity contribution >= 4 is 17.7 Å². The second-order valence-corrected chi connectivity index (χ2v) is 6.94. The van der Waals surface area contributed by atoms with E-state index in [0.717, 1.165) is 12.8 Å². The molecular weight excluding hydrogens is 232 g/mol. The Labute approximate surface area is 106 Å². The summed E-state index contributed by atoms with van der Waals surface area (Å²) < 4.78 is -0.547. The van der Waals surface area contributed by atoms with E-state index >= 15 is 0 Å². The minimum atomic E-state index is -0.650. The van der Waals surface area contributed by atoms with Crippen LogP contribution < -0.4 is 0 Å². The molecule has 0 aromatic heterocycles. The molecule has 92 valence electrons. The first-order valence-corrected chi connectivity index (χ1v) is 6.87. The number of benzene rings is 1. The molecule has 1 aliphatic carbocycles. The van der Waals surface area contributed by atoms with Gasteiger partial charge in [0.05, 0.1) is 0 Å². The van der Waals surface area contributed by atoms with Gasteiger partial charge >= 0.3 is 5.97 Å². The molecule has 1 aliphatic rings. The second kappa shape index (κ2) is 4.73. The molecule has 17 heavy (non-hydrogen) atoms. The highest BCUT2D eigenvalue weighted by molar-refractivity contribution is 8.02. The quantitative estimate of drug-likeness (QED) is 0.888. The van der Waals surface area contributed by atoms with Crippen LogP contribution in [0.1, 0.15) is 38.2 Å². The van der Waals surface area contributed by atoms with Crippen LogP contribution in [0.4, 0.5) is 0 Å². The third kappa shape index (κ3) is 2.49. The first kappa shape index (κ1) is 12.5. The summed E-state index contributed by atoms with van der Waals surface area (Å²) in [5.74, 6) is -0.234. The van der Waals surface area contributed by atoms with Crippen LogP contribution in [0.5, 0.6) is 0 Å². The summed E-state index contributed by atoms with van der Waals surface area (Å²) in [6.07, 6.45) is 1.52. The van der Waals surface area contributed by atoms with Crippen LogP contribution in [0.15, 0.2) is 30.3 Å². The van der Waals surface area contributed by atoms with Gasteiger partial charge in [0.15, 0.2) is 0 Å². The zero-order chi connectivity index (χ0) is 12.5. The number of hydrogen-bond donors (Lipinski definition) is 1. The number of carboxylic acids is 1. The Morgan fingerprint density at radius 3 is 2.41 bits per heavy atom. The summed E-state index contributed by atoms with van der Waals surface area (Å²) >= 11 is 1.60. The van der Waals surface area contributed by atoms with E-state index in [1.807, 2.05) is 18.2 Å². The first-order chi connectivity index (χ1) is 8.03. The van der Waals surface area contributed by atoms with Crippen molar-refractivity contribution in [2.24, 2.45) is 0 Å². The Bertz CT molecular complexity index is 394. The van der Waals surface area contributed by atoms with Gasteiger partial charge in [0.25, 0.3) is 0 Å².